The molecule has 2 atom stereocenters. The SMILES string of the molecule is CCCCCCCCCCCCCCCCCCCCC/C=C/C(O)C(CO)NC(=O)CCCCC/C=C\CCCCCCCCOC(=O)CCCCCCCCCCCCCCC. The molecule has 0 radical (unpaired) electrons. The van der Waals surface area contributed by atoms with Crippen molar-refractivity contribution in [1.29, 1.82) is 0 Å². The molecule has 378 valence electrons. The molecule has 6 heteroatoms. The van der Waals surface area contributed by atoms with Crippen LogP contribution in [0.25, 0.3) is 0 Å². The van der Waals surface area contributed by atoms with Crippen LogP contribution in [-0.2, 0) is 14.3 Å². The molecule has 0 aromatic heterocycles. The first-order chi connectivity index (χ1) is 31.5. The number of unbranched alkanes of at least 4 members (excludes halogenated alkanes) is 40. The number of hydrogen-bond acceptors (Lipinski definition) is 5. The number of aliphatic hydroxyl groups is 2. The maximum Gasteiger partial charge on any atom is 0.305 e. The number of esters is 1. The molecule has 6 nitrogen and oxygen atoms in total. The number of ether oxygens (including phenoxy) is 1. The molecular weight excluding hydrogens is 791 g/mol. The highest BCUT2D eigenvalue weighted by atomic mass is 16.5. The van der Waals surface area contributed by atoms with E-state index in [1.807, 2.05) is 6.08 Å². The molecule has 64 heavy (non-hydrogen) atoms. The molecule has 2 unspecified atom stereocenters. The molecule has 0 heterocycles. The van der Waals surface area contributed by atoms with Gasteiger partial charge in [0.1, 0.15) is 0 Å². The monoisotopic (exact) mass is 902 g/mol. The fourth-order valence-corrected chi connectivity index (χ4v) is 8.81. The molecule has 0 aliphatic carbocycles. The van der Waals surface area contributed by atoms with Gasteiger partial charge in [0.2, 0.25) is 5.91 Å². The number of nitrogens with one attached hydrogen (secondary N) is 1. The first-order valence-corrected chi connectivity index (χ1v) is 28.6. The maximum absolute atomic E-state index is 12.5. The van der Waals surface area contributed by atoms with E-state index in [0.29, 0.717) is 19.4 Å². The van der Waals surface area contributed by atoms with Gasteiger partial charge in [0.15, 0.2) is 0 Å². The molecule has 0 spiro atoms. The van der Waals surface area contributed by atoms with E-state index < -0.39 is 12.1 Å². The molecule has 1 amide bonds. The van der Waals surface area contributed by atoms with Crippen LogP contribution in [-0.4, -0.2) is 47.4 Å². The van der Waals surface area contributed by atoms with Crippen LogP contribution in [0, 0.1) is 0 Å². The zero-order chi connectivity index (χ0) is 46.5. The van der Waals surface area contributed by atoms with Gasteiger partial charge >= 0.3 is 5.97 Å². The van der Waals surface area contributed by atoms with Crippen molar-refractivity contribution in [2.45, 2.75) is 321 Å². The van der Waals surface area contributed by atoms with Crippen molar-refractivity contribution < 1.29 is 24.5 Å². The highest BCUT2D eigenvalue weighted by molar-refractivity contribution is 5.76. The van der Waals surface area contributed by atoms with E-state index in [4.69, 9.17) is 4.74 Å². The van der Waals surface area contributed by atoms with Crippen molar-refractivity contribution in [3.05, 3.63) is 24.3 Å². The molecule has 0 saturated heterocycles. The summed E-state index contributed by atoms with van der Waals surface area (Å²) in [7, 11) is 0. The lowest BCUT2D eigenvalue weighted by molar-refractivity contribution is -0.143. The summed E-state index contributed by atoms with van der Waals surface area (Å²) in [6, 6.07) is -0.648. The minimum absolute atomic E-state index is 0.0121. The zero-order valence-electron chi connectivity index (χ0n) is 43.0. The van der Waals surface area contributed by atoms with Crippen LogP contribution in [0.1, 0.15) is 309 Å². The molecule has 0 rings (SSSR count). The lowest BCUT2D eigenvalue weighted by atomic mass is 10.0. The quantitative estimate of drug-likeness (QED) is 0.0321. The Balaban J connectivity index is 3.52. The van der Waals surface area contributed by atoms with Gasteiger partial charge in [0, 0.05) is 12.8 Å². The van der Waals surface area contributed by atoms with E-state index in [1.165, 1.54) is 212 Å². The van der Waals surface area contributed by atoms with Crippen molar-refractivity contribution in [2.24, 2.45) is 0 Å². The molecule has 0 aliphatic rings. The molecule has 0 aromatic rings. The second-order valence-electron chi connectivity index (χ2n) is 19.6. The molecule has 0 aromatic carbocycles. The third-order valence-corrected chi connectivity index (χ3v) is 13.2. The third kappa shape index (κ3) is 49.8. The number of rotatable bonds is 53. The van der Waals surface area contributed by atoms with Crippen molar-refractivity contribution in [3.63, 3.8) is 0 Å². The van der Waals surface area contributed by atoms with Gasteiger partial charge in [0.25, 0.3) is 0 Å². The third-order valence-electron chi connectivity index (χ3n) is 13.2. The minimum Gasteiger partial charge on any atom is -0.466 e. The van der Waals surface area contributed by atoms with Crippen molar-refractivity contribution in [1.82, 2.24) is 5.32 Å². The molecule has 0 fully saturated rings. The molecular formula is C58H111NO5. The van der Waals surface area contributed by atoms with Gasteiger partial charge in [-0.3, -0.25) is 9.59 Å². The number of amides is 1. The molecule has 0 bridgehead atoms. The van der Waals surface area contributed by atoms with Crippen molar-refractivity contribution in [2.75, 3.05) is 13.2 Å². The molecule has 0 aliphatic heterocycles. The van der Waals surface area contributed by atoms with Gasteiger partial charge in [-0.15, -0.1) is 0 Å². The summed E-state index contributed by atoms with van der Waals surface area (Å²) in [5.41, 5.74) is 0. The predicted octanol–water partition coefficient (Wildman–Crippen LogP) is 17.5. The molecule has 0 saturated carbocycles. The van der Waals surface area contributed by atoms with Crippen LogP contribution in [0.3, 0.4) is 0 Å². The summed E-state index contributed by atoms with van der Waals surface area (Å²) in [5, 5.41) is 23.1. The smallest absolute Gasteiger partial charge is 0.305 e. The van der Waals surface area contributed by atoms with E-state index in [2.05, 4.69) is 31.3 Å². The lowest BCUT2D eigenvalue weighted by Crippen LogP contribution is -2.45. The summed E-state index contributed by atoms with van der Waals surface area (Å²) < 4.78 is 5.46. The Hall–Kier alpha value is -1.66. The second-order valence-corrected chi connectivity index (χ2v) is 19.6. The van der Waals surface area contributed by atoms with Gasteiger partial charge in [-0.05, 0) is 57.8 Å². The summed E-state index contributed by atoms with van der Waals surface area (Å²) >= 11 is 0. The van der Waals surface area contributed by atoms with Crippen molar-refractivity contribution in [3.8, 4) is 0 Å². The molecule has 3 N–H and O–H groups in total. The number of hydrogen-bond donors (Lipinski definition) is 3. The average molecular weight is 903 g/mol. The summed E-state index contributed by atoms with van der Waals surface area (Å²) in [5.74, 6) is -0.107. The predicted molar refractivity (Wildman–Crippen MR) is 278 cm³/mol. The average Bonchev–Trinajstić information content (AvgIpc) is 3.29. The Morgan fingerprint density at radius 1 is 0.422 bits per heavy atom. The van der Waals surface area contributed by atoms with Crippen LogP contribution in [0.2, 0.25) is 0 Å². The normalized spacial score (nSPS) is 12.8. The van der Waals surface area contributed by atoms with E-state index in [9.17, 15) is 19.8 Å². The highest BCUT2D eigenvalue weighted by Gasteiger charge is 2.18. The number of allylic oxidation sites excluding steroid dienone is 3. The number of carbonyl (C=O) groups excluding carboxylic acids is 2. The lowest BCUT2D eigenvalue weighted by Gasteiger charge is -2.19. The van der Waals surface area contributed by atoms with E-state index in [0.717, 1.165) is 70.6 Å². The van der Waals surface area contributed by atoms with E-state index in [-0.39, 0.29) is 18.5 Å². The number of aliphatic hydroxyl groups excluding tert-OH is 2. The van der Waals surface area contributed by atoms with Crippen molar-refractivity contribution >= 4 is 11.9 Å². The fraction of sp³-hybridized carbons (Fsp3) is 0.897. The first kappa shape index (κ1) is 62.3. The van der Waals surface area contributed by atoms with Gasteiger partial charge in [-0.25, -0.2) is 0 Å². The first-order valence-electron chi connectivity index (χ1n) is 28.6. The Labute approximate surface area is 399 Å². The van der Waals surface area contributed by atoms with Crippen LogP contribution in [0.5, 0.6) is 0 Å². The number of carbonyl (C=O) groups is 2. The summed E-state index contributed by atoms with van der Waals surface area (Å²) in [6.07, 6.45) is 64.8. The van der Waals surface area contributed by atoms with Crippen LogP contribution in [0.4, 0.5) is 0 Å². The minimum atomic E-state index is -0.862. The van der Waals surface area contributed by atoms with Crippen LogP contribution >= 0.6 is 0 Å². The Morgan fingerprint density at radius 2 is 0.734 bits per heavy atom. The highest BCUT2D eigenvalue weighted by Crippen LogP contribution is 2.17. The standard InChI is InChI=1S/C58H111NO5/c1-3-5-7-9-11-13-15-17-18-19-20-21-22-23-24-27-30-34-38-42-46-50-56(61)55(54-60)59-57(62)51-47-43-39-35-31-28-25-29-33-37-41-45-49-53-64-58(63)52-48-44-40-36-32-26-16-14-12-10-8-6-4-2/h28,31,46,50,55-56,60-61H,3-27,29-30,32-45,47-49,51-54H2,1-2H3,(H,59,62)/b31-28-,50-46+. The van der Waals surface area contributed by atoms with Gasteiger partial charge < -0.3 is 20.3 Å². The Morgan fingerprint density at radius 3 is 1.12 bits per heavy atom. The van der Waals surface area contributed by atoms with E-state index >= 15 is 0 Å². The largest absolute Gasteiger partial charge is 0.466 e. The topological polar surface area (TPSA) is 95.9 Å². The van der Waals surface area contributed by atoms with Gasteiger partial charge in [-0.1, -0.05) is 263 Å². The van der Waals surface area contributed by atoms with Crippen LogP contribution < -0.4 is 5.32 Å². The van der Waals surface area contributed by atoms with Gasteiger partial charge in [0.05, 0.1) is 25.4 Å². The Bertz CT molecular complexity index is 997. The fourth-order valence-electron chi connectivity index (χ4n) is 8.81. The zero-order valence-corrected chi connectivity index (χ0v) is 43.0. The summed E-state index contributed by atoms with van der Waals surface area (Å²) in [6.45, 7) is 4.88. The second kappa shape index (κ2) is 54.0. The van der Waals surface area contributed by atoms with E-state index in [1.54, 1.807) is 6.08 Å². The summed E-state index contributed by atoms with van der Waals surface area (Å²) in [4.78, 5) is 24.5. The Kier molecular flexibility index (Phi) is 52.6. The maximum atomic E-state index is 12.5. The van der Waals surface area contributed by atoms with Gasteiger partial charge in [-0.2, -0.15) is 0 Å². The van der Waals surface area contributed by atoms with Crippen LogP contribution in [0.15, 0.2) is 24.3 Å².